The predicted octanol–water partition coefficient (Wildman–Crippen LogP) is 2.29. The highest BCUT2D eigenvalue weighted by atomic mass is 16.5. The van der Waals surface area contributed by atoms with Crippen LogP contribution in [0.25, 0.3) is 5.69 Å². The number of ether oxygens (including phenoxy) is 2. The van der Waals surface area contributed by atoms with Crippen LogP contribution >= 0.6 is 0 Å². The minimum Gasteiger partial charge on any atom is -0.497 e. The van der Waals surface area contributed by atoms with Crippen molar-refractivity contribution in [3.05, 3.63) is 76.2 Å². The molecule has 0 saturated carbocycles. The van der Waals surface area contributed by atoms with E-state index in [4.69, 9.17) is 9.47 Å². The molecule has 1 N–H and O–H groups in total. The van der Waals surface area contributed by atoms with Crippen molar-refractivity contribution < 1.29 is 19.1 Å². The number of hydrogen-bond donors (Lipinski definition) is 1. The molecule has 0 radical (unpaired) electrons. The molecule has 150 valence electrons. The van der Waals surface area contributed by atoms with Crippen molar-refractivity contribution in [1.82, 2.24) is 9.36 Å². The summed E-state index contributed by atoms with van der Waals surface area (Å²) in [5.74, 6) is -0.761. The first-order valence-corrected chi connectivity index (χ1v) is 8.87. The first-order valence-electron chi connectivity index (χ1n) is 8.87. The second kappa shape index (κ2) is 8.47. The number of nitrogens with zero attached hydrogens (tertiary/aromatic N) is 2. The number of nitrogens with one attached hydrogen (secondary N) is 1. The summed E-state index contributed by atoms with van der Waals surface area (Å²) in [7, 11) is 3.21. The Balaban J connectivity index is 1.71. The molecule has 1 heterocycles. The maximum atomic E-state index is 12.8. The van der Waals surface area contributed by atoms with E-state index in [9.17, 15) is 14.4 Å². The number of benzene rings is 2. The summed E-state index contributed by atoms with van der Waals surface area (Å²) in [6.07, 6.45) is 0. The van der Waals surface area contributed by atoms with Gasteiger partial charge in [0.2, 0.25) is 0 Å². The van der Waals surface area contributed by atoms with Crippen LogP contribution in [0.2, 0.25) is 0 Å². The Kier molecular flexibility index (Phi) is 5.82. The maximum Gasteiger partial charge on any atom is 0.338 e. The fraction of sp³-hybridized carbons (Fsp3) is 0.190. The van der Waals surface area contributed by atoms with E-state index >= 15 is 0 Å². The first-order chi connectivity index (χ1) is 13.9. The molecule has 29 heavy (non-hydrogen) atoms. The number of amides is 1. The van der Waals surface area contributed by atoms with Gasteiger partial charge in [0.15, 0.2) is 6.61 Å². The van der Waals surface area contributed by atoms with Crippen molar-refractivity contribution in [2.45, 2.75) is 6.92 Å². The minimum atomic E-state index is -0.662. The SMILES string of the molecule is COc1cccc(C(=O)OCC(=O)Nc2c(C)n(C)n(-c3ccccc3)c2=O)c1. The highest BCUT2D eigenvalue weighted by Gasteiger charge is 2.19. The maximum absolute atomic E-state index is 12.8. The number of carbonyl (C=O) groups is 2. The molecule has 0 aliphatic carbocycles. The standard InChI is InChI=1S/C21H21N3O5/c1-14-19(20(26)24(23(14)2)16-9-5-4-6-10-16)22-18(25)13-29-21(27)15-8-7-11-17(12-15)28-3/h4-12H,13H2,1-3H3,(H,22,25). The van der Waals surface area contributed by atoms with Crippen LogP contribution in [0.4, 0.5) is 5.69 Å². The number of para-hydroxylation sites is 1. The number of esters is 1. The molecule has 8 heteroatoms. The van der Waals surface area contributed by atoms with Gasteiger partial charge in [-0.2, -0.15) is 0 Å². The summed E-state index contributed by atoms with van der Waals surface area (Å²) >= 11 is 0. The molecule has 0 aliphatic rings. The Bertz CT molecular complexity index is 1100. The summed E-state index contributed by atoms with van der Waals surface area (Å²) in [6.45, 7) is 1.20. The van der Waals surface area contributed by atoms with Crippen molar-refractivity contribution in [2.24, 2.45) is 7.05 Å². The van der Waals surface area contributed by atoms with Gasteiger partial charge in [-0.05, 0) is 37.3 Å². The summed E-state index contributed by atoms with van der Waals surface area (Å²) in [5, 5.41) is 2.54. The minimum absolute atomic E-state index is 0.138. The van der Waals surface area contributed by atoms with E-state index in [1.165, 1.54) is 17.9 Å². The van der Waals surface area contributed by atoms with Gasteiger partial charge in [-0.15, -0.1) is 0 Å². The number of anilines is 1. The Hall–Kier alpha value is -3.81. The molecule has 0 aliphatic heterocycles. The van der Waals surface area contributed by atoms with Crippen LogP contribution < -0.4 is 15.6 Å². The number of methoxy groups -OCH3 is 1. The average molecular weight is 395 g/mol. The lowest BCUT2D eigenvalue weighted by Gasteiger charge is -2.07. The van der Waals surface area contributed by atoms with Crippen molar-refractivity contribution in [3.8, 4) is 11.4 Å². The zero-order valence-electron chi connectivity index (χ0n) is 16.3. The lowest BCUT2D eigenvalue weighted by Crippen LogP contribution is -2.25. The average Bonchev–Trinajstić information content (AvgIpc) is 2.95. The van der Waals surface area contributed by atoms with Gasteiger partial charge in [-0.3, -0.25) is 14.3 Å². The molecule has 8 nitrogen and oxygen atoms in total. The van der Waals surface area contributed by atoms with E-state index in [1.807, 2.05) is 18.2 Å². The molecule has 0 spiro atoms. The third-order valence-corrected chi connectivity index (χ3v) is 4.46. The Morgan fingerprint density at radius 1 is 1.07 bits per heavy atom. The van der Waals surface area contributed by atoms with E-state index in [2.05, 4.69) is 5.32 Å². The van der Waals surface area contributed by atoms with Crippen LogP contribution in [-0.4, -0.2) is 35.0 Å². The molecule has 0 fully saturated rings. The fourth-order valence-electron chi connectivity index (χ4n) is 2.85. The van der Waals surface area contributed by atoms with Crippen molar-refractivity contribution in [3.63, 3.8) is 0 Å². The largest absolute Gasteiger partial charge is 0.497 e. The molecule has 1 aromatic heterocycles. The number of rotatable bonds is 6. The molecule has 2 aromatic carbocycles. The van der Waals surface area contributed by atoms with Crippen molar-refractivity contribution in [1.29, 1.82) is 0 Å². The normalized spacial score (nSPS) is 10.4. The molecule has 0 atom stereocenters. The Morgan fingerprint density at radius 2 is 1.79 bits per heavy atom. The number of hydrogen-bond acceptors (Lipinski definition) is 5. The molecule has 0 unspecified atom stereocenters. The van der Waals surface area contributed by atoms with Gasteiger partial charge >= 0.3 is 5.97 Å². The van der Waals surface area contributed by atoms with Crippen LogP contribution in [0.1, 0.15) is 16.1 Å². The molecule has 0 saturated heterocycles. The van der Waals surface area contributed by atoms with Crippen LogP contribution in [0, 0.1) is 6.92 Å². The topological polar surface area (TPSA) is 91.6 Å². The lowest BCUT2D eigenvalue weighted by atomic mass is 10.2. The Morgan fingerprint density at radius 3 is 2.48 bits per heavy atom. The molecular formula is C21H21N3O5. The predicted molar refractivity (Wildman–Crippen MR) is 108 cm³/mol. The van der Waals surface area contributed by atoms with Gasteiger partial charge in [-0.1, -0.05) is 24.3 Å². The van der Waals surface area contributed by atoms with Gasteiger partial charge in [0.25, 0.3) is 11.5 Å². The van der Waals surface area contributed by atoms with Gasteiger partial charge in [0, 0.05) is 7.05 Å². The molecule has 3 rings (SSSR count). The highest BCUT2D eigenvalue weighted by Crippen LogP contribution is 2.15. The van der Waals surface area contributed by atoms with E-state index in [1.54, 1.807) is 49.0 Å². The quantitative estimate of drug-likeness (QED) is 0.647. The molecular weight excluding hydrogens is 374 g/mol. The second-order valence-corrected chi connectivity index (χ2v) is 6.29. The smallest absolute Gasteiger partial charge is 0.338 e. The third kappa shape index (κ3) is 4.21. The van der Waals surface area contributed by atoms with Gasteiger partial charge in [0.1, 0.15) is 11.4 Å². The zero-order chi connectivity index (χ0) is 21.0. The van der Waals surface area contributed by atoms with Gasteiger partial charge < -0.3 is 14.8 Å². The third-order valence-electron chi connectivity index (χ3n) is 4.46. The van der Waals surface area contributed by atoms with Gasteiger partial charge in [-0.25, -0.2) is 9.48 Å². The molecule has 1 amide bonds. The van der Waals surface area contributed by atoms with E-state index in [-0.39, 0.29) is 16.8 Å². The number of aromatic nitrogens is 2. The summed E-state index contributed by atoms with van der Waals surface area (Å²) < 4.78 is 13.2. The zero-order valence-corrected chi connectivity index (χ0v) is 16.3. The van der Waals surface area contributed by atoms with Crippen LogP contribution in [0.3, 0.4) is 0 Å². The van der Waals surface area contributed by atoms with E-state index in [0.29, 0.717) is 17.1 Å². The Labute approximate surface area is 167 Å². The summed E-state index contributed by atoms with van der Waals surface area (Å²) in [4.78, 5) is 37.2. The fourth-order valence-corrected chi connectivity index (χ4v) is 2.85. The van der Waals surface area contributed by atoms with E-state index < -0.39 is 18.5 Å². The van der Waals surface area contributed by atoms with Crippen LogP contribution in [0.15, 0.2) is 59.4 Å². The van der Waals surface area contributed by atoms with Crippen molar-refractivity contribution in [2.75, 3.05) is 19.0 Å². The van der Waals surface area contributed by atoms with Gasteiger partial charge in [0.05, 0.1) is 24.1 Å². The molecule has 3 aromatic rings. The van der Waals surface area contributed by atoms with Crippen molar-refractivity contribution >= 4 is 17.6 Å². The van der Waals surface area contributed by atoms with E-state index in [0.717, 1.165) is 0 Å². The van der Waals surface area contributed by atoms with Crippen LogP contribution in [-0.2, 0) is 16.6 Å². The number of carbonyl (C=O) groups excluding carboxylic acids is 2. The summed E-state index contributed by atoms with van der Waals surface area (Å²) in [6, 6.07) is 15.5. The monoisotopic (exact) mass is 395 g/mol. The highest BCUT2D eigenvalue weighted by molar-refractivity contribution is 5.95. The lowest BCUT2D eigenvalue weighted by molar-refractivity contribution is -0.119. The summed E-state index contributed by atoms with van der Waals surface area (Å²) in [5.41, 5.74) is 1.28. The second-order valence-electron chi connectivity index (χ2n) is 6.29. The van der Waals surface area contributed by atoms with Crippen LogP contribution in [0.5, 0.6) is 5.75 Å². The molecule has 0 bridgehead atoms. The first kappa shape index (κ1) is 19.9.